The van der Waals surface area contributed by atoms with Gasteiger partial charge in [0.1, 0.15) is 17.4 Å². The van der Waals surface area contributed by atoms with Gasteiger partial charge in [-0.25, -0.2) is 18.2 Å². The number of aryl methyl sites for hydroxylation is 2. The van der Waals surface area contributed by atoms with Gasteiger partial charge in [-0.3, -0.25) is 24.0 Å². The maximum absolute atomic E-state index is 14.0. The van der Waals surface area contributed by atoms with E-state index in [4.69, 9.17) is 4.74 Å². The molecule has 4 saturated heterocycles. The van der Waals surface area contributed by atoms with Crippen molar-refractivity contribution in [2.24, 2.45) is 12.5 Å². The van der Waals surface area contributed by atoms with Gasteiger partial charge < -0.3 is 29.9 Å². The Kier molecular flexibility index (Phi) is 11.3. The average Bonchev–Trinajstić information content (AvgIpc) is 3.46. The normalized spacial score (nSPS) is 23.6. The van der Waals surface area contributed by atoms with Crippen LogP contribution in [-0.4, -0.2) is 119 Å². The molecule has 2 atom stereocenters. The number of hydrogen-bond donors (Lipinski definition) is 3. The number of aliphatic hydroxyl groups is 1. The Morgan fingerprint density at radius 1 is 1.03 bits per heavy atom. The molecule has 16 nitrogen and oxygen atoms in total. The summed E-state index contributed by atoms with van der Waals surface area (Å²) < 4.78 is 78.8. The number of aromatic nitrogens is 4. The van der Waals surface area contributed by atoms with Gasteiger partial charge in [-0.15, -0.1) is 0 Å². The number of piperidine rings is 3. The average molecular weight is 910 g/mol. The Bertz CT molecular complexity index is 2650. The van der Waals surface area contributed by atoms with Crippen molar-refractivity contribution in [1.29, 1.82) is 0 Å². The summed E-state index contributed by atoms with van der Waals surface area (Å²) in [6.45, 7) is 7.99. The first-order chi connectivity index (χ1) is 30.3. The maximum Gasteiger partial charge on any atom is 0.421 e. The van der Waals surface area contributed by atoms with Gasteiger partial charge >= 0.3 is 11.9 Å². The third-order valence-electron chi connectivity index (χ3n) is 14.1. The predicted octanol–water partition coefficient (Wildman–Crippen LogP) is 4.45. The lowest BCUT2D eigenvalue weighted by Gasteiger charge is -2.51. The number of amides is 2. The molecule has 1 spiro atoms. The number of β-amino-alcohol motifs (C(OH)–C–C–N with tert-alkyl or cyclic N) is 1. The lowest BCUT2D eigenvalue weighted by molar-refractivity contribution is -0.138. The molecule has 64 heavy (non-hydrogen) atoms. The molecule has 2 aromatic carbocycles. The molecule has 344 valence electrons. The van der Waals surface area contributed by atoms with Crippen molar-refractivity contribution >= 4 is 55.8 Å². The predicted molar refractivity (Wildman–Crippen MR) is 232 cm³/mol. The zero-order chi connectivity index (χ0) is 45.3. The van der Waals surface area contributed by atoms with Gasteiger partial charge in [0.15, 0.2) is 9.84 Å². The Balaban J connectivity index is 0.745. The smallest absolute Gasteiger partial charge is 0.388 e. The fourth-order valence-corrected chi connectivity index (χ4v) is 12.4. The minimum Gasteiger partial charge on any atom is -0.388 e. The molecule has 2 aromatic heterocycles. The van der Waals surface area contributed by atoms with E-state index in [0.29, 0.717) is 68.7 Å². The number of nitrogens with one attached hydrogen (secondary N) is 2. The highest BCUT2D eigenvalue weighted by atomic mass is 32.2. The van der Waals surface area contributed by atoms with Crippen LogP contribution in [0, 0.1) is 12.3 Å². The number of benzene rings is 2. The number of carbonyl (C=O) groups excluding carboxylic acids is 2. The number of nitrogens with zero attached hydrogens (tertiary/aromatic N) is 7. The third kappa shape index (κ3) is 8.37. The van der Waals surface area contributed by atoms with Crippen LogP contribution in [0.3, 0.4) is 0 Å². The van der Waals surface area contributed by atoms with E-state index >= 15 is 0 Å². The highest BCUT2D eigenvalue weighted by Gasteiger charge is 2.51. The van der Waals surface area contributed by atoms with E-state index in [2.05, 4.69) is 30.4 Å². The molecule has 9 rings (SSSR count). The summed E-state index contributed by atoms with van der Waals surface area (Å²) in [6, 6.07) is 9.63. The largest absolute Gasteiger partial charge is 0.421 e. The number of ether oxygens (including phenoxy) is 1. The number of para-hydroxylation sites is 1. The molecule has 1 saturated carbocycles. The zero-order valence-corrected chi connectivity index (χ0v) is 37.0. The summed E-state index contributed by atoms with van der Waals surface area (Å²) in [5, 5.41) is 15.4. The summed E-state index contributed by atoms with van der Waals surface area (Å²) in [6.07, 6.45) is 0.500. The summed E-state index contributed by atoms with van der Waals surface area (Å²) >= 11 is 0. The first kappa shape index (κ1) is 44.2. The van der Waals surface area contributed by atoms with Crippen LogP contribution in [0.4, 0.5) is 36.3 Å². The fourth-order valence-electron chi connectivity index (χ4n) is 10.3. The molecule has 6 heterocycles. The van der Waals surface area contributed by atoms with E-state index in [1.807, 2.05) is 18.2 Å². The molecule has 0 bridgehead atoms. The first-order valence-corrected chi connectivity index (χ1v) is 23.5. The monoisotopic (exact) mass is 909 g/mol. The molecular formula is C44H54F3N9O7S. The number of sulfone groups is 1. The quantitative estimate of drug-likeness (QED) is 0.180. The first-order valence-electron chi connectivity index (χ1n) is 22.0. The number of fused-ring (bicyclic) bond motifs is 1. The van der Waals surface area contributed by atoms with Crippen molar-refractivity contribution in [3.05, 3.63) is 64.2 Å². The third-order valence-corrected chi connectivity index (χ3v) is 16.2. The minimum absolute atomic E-state index is 0.00409. The van der Waals surface area contributed by atoms with Crippen LogP contribution in [0.25, 0.3) is 11.0 Å². The van der Waals surface area contributed by atoms with Crippen LogP contribution >= 0.6 is 0 Å². The second kappa shape index (κ2) is 16.4. The van der Waals surface area contributed by atoms with Gasteiger partial charge in [0.05, 0.1) is 45.2 Å². The van der Waals surface area contributed by atoms with Gasteiger partial charge in [0, 0.05) is 58.1 Å². The van der Waals surface area contributed by atoms with Crippen molar-refractivity contribution in [2.45, 2.75) is 99.3 Å². The second-order valence-electron chi connectivity index (χ2n) is 18.7. The summed E-state index contributed by atoms with van der Waals surface area (Å²) in [5.74, 6) is -1.18. The van der Waals surface area contributed by atoms with Crippen LogP contribution in [-0.2, 0) is 37.4 Å². The Hall–Kier alpha value is -5.05. The number of hydrogen-bond acceptors (Lipinski definition) is 13. The van der Waals surface area contributed by atoms with Crippen LogP contribution in [0.5, 0.6) is 0 Å². The molecule has 1 aliphatic carbocycles. The van der Waals surface area contributed by atoms with Gasteiger partial charge in [-0.1, -0.05) is 6.07 Å². The molecular weight excluding hydrogens is 856 g/mol. The van der Waals surface area contributed by atoms with E-state index in [1.165, 1.54) is 15.5 Å². The number of halogens is 3. The van der Waals surface area contributed by atoms with E-state index in [1.54, 1.807) is 37.6 Å². The van der Waals surface area contributed by atoms with Gasteiger partial charge in [-0.05, 0) is 113 Å². The van der Waals surface area contributed by atoms with Crippen LogP contribution in [0.2, 0.25) is 0 Å². The Morgan fingerprint density at radius 2 is 1.78 bits per heavy atom. The van der Waals surface area contributed by atoms with Crippen molar-refractivity contribution in [3.63, 3.8) is 0 Å². The van der Waals surface area contributed by atoms with Crippen molar-refractivity contribution in [1.82, 2.24) is 29.3 Å². The number of imidazole rings is 1. The molecule has 2 amide bonds. The zero-order valence-electron chi connectivity index (χ0n) is 36.2. The SMILES string of the molecule is Cc1cc(S(=O)(=O)C2CC3(CCN(CCOC4CN(c5cccc6c5n(C)c(=O)n6C5CCC(=O)NC5=O)C4)CC3)C2)ccc1Nc1ncc(C(F)(F)F)c(N2CCC[C@](C)(O)C2)n1. The van der Waals surface area contributed by atoms with Gasteiger partial charge in [-0.2, -0.15) is 18.2 Å². The number of carbonyl (C=O) groups is 2. The minimum atomic E-state index is -4.69. The molecule has 1 unspecified atom stereocenters. The lowest BCUT2D eigenvalue weighted by atomic mass is 9.63. The summed E-state index contributed by atoms with van der Waals surface area (Å²) in [5.41, 5.74) is 0.858. The van der Waals surface area contributed by atoms with E-state index in [9.17, 15) is 41.1 Å². The topological polar surface area (TPSA) is 184 Å². The molecule has 5 aliphatic rings. The molecule has 5 fully saturated rings. The second-order valence-corrected chi connectivity index (χ2v) is 20.9. The number of anilines is 4. The Morgan fingerprint density at radius 3 is 2.47 bits per heavy atom. The van der Waals surface area contributed by atoms with Crippen LogP contribution < -0.4 is 26.1 Å². The lowest BCUT2D eigenvalue weighted by Crippen LogP contribution is -2.54. The highest BCUT2D eigenvalue weighted by molar-refractivity contribution is 7.92. The molecule has 0 radical (unpaired) electrons. The molecule has 4 aromatic rings. The van der Waals surface area contributed by atoms with Crippen molar-refractivity contribution in [2.75, 3.05) is 67.5 Å². The van der Waals surface area contributed by atoms with Crippen LogP contribution in [0.1, 0.15) is 75.5 Å². The maximum atomic E-state index is 14.0. The van der Waals surface area contributed by atoms with Gasteiger partial charge in [0.25, 0.3) is 0 Å². The number of likely N-dealkylation sites (tertiary alicyclic amines) is 1. The molecule has 3 N–H and O–H groups in total. The summed E-state index contributed by atoms with van der Waals surface area (Å²) in [7, 11) is -1.93. The van der Waals surface area contributed by atoms with Crippen molar-refractivity contribution < 1.29 is 41.0 Å². The standard InChI is InChI=1S/C44H54F3N9O7S/c1-27-20-29(8-9-32(27)49-40-48-23-31(44(45,46)47)38(51-40)54-15-5-12-42(2,60)26-54)64(61,62)30-21-43(22-30)13-16-53(17-14-43)18-19-63-28-24-55(25-28)33-6-4-7-34-37(33)52(3)41(59)56(34)35-10-11-36(57)50-39(35)58/h4,6-9,20,23,28,30,35,60H,5,10-19,21-22,24-26H2,1-3H3,(H,48,49,51)(H,50,57,58)/t35?,42-/m0/s1. The Labute approximate surface area is 368 Å². The molecule has 20 heteroatoms. The number of rotatable bonds is 11. The van der Waals surface area contributed by atoms with Gasteiger partial charge in [0.2, 0.25) is 17.8 Å². The number of imide groups is 1. The van der Waals surface area contributed by atoms with E-state index < -0.39 is 44.4 Å². The van der Waals surface area contributed by atoms with Crippen LogP contribution in [0.15, 0.2) is 52.3 Å². The fraction of sp³-hybridized carbons (Fsp3) is 0.568. The van der Waals surface area contributed by atoms with Crippen molar-refractivity contribution in [3.8, 4) is 0 Å². The van der Waals surface area contributed by atoms with E-state index in [0.717, 1.165) is 49.9 Å². The number of alkyl halides is 3. The highest BCUT2D eigenvalue weighted by Crippen LogP contribution is 2.53. The van der Waals surface area contributed by atoms with E-state index in [-0.39, 0.29) is 59.2 Å². The molecule has 4 aliphatic heterocycles. The summed E-state index contributed by atoms with van der Waals surface area (Å²) in [4.78, 5) is 52.1.